The van der Waals surface area contributed by atoms with Gasteiger partial charge in [-0.2, -0.15) is 13.2 Å². The summed E-state index contributed by atoms with van der Waals surface area (Å²) in [7, 11) is 0. The van der Waals surface area contributed by atoms with Crippen LogP contribution in [0.15, 0.2) is 35.5 Å². The first kappa shape index (κ1) is 31.5. The van der Waals surface area contributed by atoms with Crippen molar-refractivity contribution in [2.75, 3.05) is 5.32 Å². The number of aliphatic imine (C=N–C) groups is 1. The fourth-order valence-corrected chi connectivity index (χ4v) is 5.75. The van der Waals surface area contributed by atoms with Gasteiger partial charge in [0, 0.05) is 11.7 Å². The van der Waals surface area contributed by atoms with Gasteiger partial charge in [0.2, 0.25) is 11.8 Å². The summed E-state index contributed by atoms with van der Waals surface area (Å²) in [5.41, 5.74) is 13.5. The molecule has 0 aromatic heterocycles. The molecule has 0 unspecified atom stereocenters. The molecule has 7 N–H and O–H groups in total. The summed E-state index contributed by atoms with van der Waals surface area (Å²) < 4.78 is 39.1. The van der Waals surface area contributed by atoms with Gasteiger partial charge in [0.1, 0.15) is 11.8 Å². The third-order valence-corrected chi connectivity index (χ3v) is 8.33. The highest BCUT2D eigenvalue weighted by atomic mass is 19.4. The molecule has 2 saturated carbocycles. The van der Waals surface area contributed by atoms with E-state index in [1.807, 2.05) is 19.9 Å². The summed E-state index contributed by atoms with van der Waals surface area (Å²) in [5, 5.41) is 8.58. The first-order valence-corrected chi connectivity index (χ1v) is 14.6. The zero-order valence-electron chi connectivity index (χ0n) is 24.2. The minimum absolute atomic E-state index is 0.0217. The Morgan fingerprint density at radius 2 is 1.67 bits per heavy atom. The Kier molecular flexibility index (Phi) is 9.64. The number of anilines is 1. The standard InChI is InChI=1S/C30H41F3N6O3/c1-15(2)36-23(12-13-34)27(40)39-26(24(17-4-5-17)18-6-7-18)29(42)37-20-9-10-21-19(14-20)8-11-22(21)38-28(41)25(35)16(3)30(31,32)33/h9-10,12-18,22,24-26H,4-8,11,34-35H2,1-3H3,(H,37,42)(H,38,41)(H,39,40)/b13-12-,36-23?/t16-,22+,25+,26-/m0/s1. The molecule has 2 fully saturated rings. The summed E-state index contributed by atoms with van der Waals surface area (Å²) >= 11 is 0. The number of rotatable bonds is 12. The van der Waals surface area contributed by atoms with Gasteiger partial charge in [0.05, 0.1) is 18.0 Å². The fourth-order valence-electron chi connectivity index (χ4n) is 5.75. The van der Waals surface area contributed by atoms with E-state index >= 15 is 0 Å². The summed E-state index contributed by atoms with van der Waals surface area (Å²) in [6, 6.07) is 2.19. The number of alkyl halides is 3. The van der Waals surface area contributed by atoms with Crippen molar-refractivity contribution in [3.05, 3.63) is 41.6 Å². The highest BCUT2D eigenvalue weighted by Gasteiger charge is 2.48. The molecule has 1 aromatic rings. The number of nitrogens with one attached hydrogen (secondary N) is 3. The second-order valence-electron chi connectivity index (χ2n) is 12.0. The number of carbonyl (C=O) groups excluding carboxylic acids is 3. The van der Waals surface area contributed by atoms with Crippen LogP contribution in [-0.2, 0) is 20.8 Å². The first-order valence-electron chi connectivity index (χ1n) is 14.6. The minimum Gasteiger partial charge on any atom is -0.405 e. The third-order valence-electron chi connectivity index (χ3n) is 8.33. The number of carbonyl (C=O) groups is 3. The Balaban J connectivity index is 1.48. The van der Waals surface area contributed by atoms with Crippen molar-refractivity contribution in [3.63, 3.8) is 0 Å². The van der Waals surface area contributed by atoms with Crippen molar-refractivity contribution in [2.24, 2.45) is 40.1 Å². The van der Waals surface area contributed by atoms with E-state index in [0.29, 0.717) is 30.4 Å². The van der Waals surface area contributed by atoms with Crippen LogP contribution in [0.1, 0.15) is 70.0 Å². The lowest BCUT2D eigenvalue weighted by atomic mass is 9.88. The van der Waals surface area contributed by atoms with Gasteiger partial charge in [0.25, 0.3) is 5.91 Å². The Labute approximate surface area is 244 Å². The number of halogens is 3. The number of amides is 3. The van der Waals surface area contributed by atoms with Crippen molar-refractivity contribution < 1.29 is 27.6 Å². The number of fused-ring (bicyclic) bond motifs is 1. The molecule has 3 aliphatic carbocycles. The van der Waals surface area contributed by atoms with Crippen LogP contribution in [0.25, 0.3) is 0 Å². The van der Waals surface area contributed by atoms with E-state index in [1.165, 1.54) is 12.3 Å². The predicted molar refractivity (Wildman–Crippen MR) is 154 cm³/mol. The monoisotopic (exact) mass is 590 g/mol. The minimum atomic E-state index is -4.57. The molecule has 12 heteroatoms. The van der Waals surface area contributed by atoms with Gasteiger partial charge in [-0.25, -0.2) is 0 Å². The Bertz CT molecular complexity index is 1230. The van der Waals surface area contributed by atoms with E-state index in [1.54, 1.807) is 12.1 Å². The van der Waals surface area contributed by atoms with Gasteiger partial charge >= 0.3 is 6.18 Å². The average molecular weight is 591 g/mol. The molecular weight excluding hydrogens is 549 g/mol. The Morgan fingerprint density at radius 3 is 2.21 bits per heavy atom. The predicted octanol–water partition coefficient (Wildman–Crippen LogP) is 3.50. The molecule has 0 spiro atoms. The van der Waals surface area contributed by atoms with E-state index in [9.17, 15) is 27.6 Å². The first-order chi connectivity index (χ1) is 19.8. The van der Waals surface area contributed by atoms with Crippen LogP contribution >= 0.6 is 0 Å². The molecule has 4 rings (SSSR count). The summed E-state index contributed by atoms with van der Waals surface area (Å²) in [6.07, 6.45) is 3.27. The van der Waals surface area contributed by atoms with Gasteiger partial charge < -0.3 is 27.4 Å². The molecule has 4 atom stereocenters. The maximum Gasteiger partial charge on any atom is 0.393 e. The number of aryl methyl sites for hydroxylation is 1. The topological polar surface area (TPSA) is 152 Å². The van der Waals surface area contributed by atoms with Crippen LogP contribution < -0.4 is 27.4 Å². The van der Waals surface area contributed by atoms with E-state index in [4.69, 9.17) is 11.5 Å². The summed E-state index contributed by atoms with van der Waals surface area (Å²) in [6.45, 7) is 4.59. The maximum atomic E-state index is 13.7. The number of hydrogen-bond donors (Lipinski definition) is 5. The van der Waals surface area contributed by atoms with Crippen LogP contribution in [0.4, 0.5) is 18.9 Å². The maximum absolute atomic E-state index is 13.7. The second-order valence-corrected chi connectivity index (χ2v) is 12.0. The molecule has 3 amide bonds. The SMILES string of the molecule is CC(C)N=C(/C=C\N)C(=O)N[C@H](C(=O)Nc1ccc2c(c1)CC[C@H]2NC(=O)[C@H](N)[C@H](C)C(F)(F)F)C(C1CC1)C1CC1. The quantitative estimate of drug-likeness (QED) is 0.236. The lowest BCUT2D eigenvalue weighted by Crippen LogP contribution is -2.51. The van der Waals surface area contributed by atoms with Crippen LogP contribution in [0, 0.1) is 23.7 Å². The highest BCUT2D eigenvalue weighted by Crippen LogP contribution is 2.51. The largest absolute Gasteiger partial charge is 0.405 e. The van der Waals surface area contributed by atoms with Gasteiger partial charge in [-0.3, -0.25) is 19.4 Å². The van der Waals surface area contributed by atoms with Gasteiger partial charge in [0.15, 0.2) is 0 Å². The molecule has 1 aromatic carbocycles. The third kappa shape index (κ3) is 7.70. The van der Waals surface area contributed by atoms with Crippen LogP contribution in [0.3, 0.4) is 0 Å². The van der Waals surface area contributed by atoms with E-state index in [-0.39, 0.29) is 23.6 Å². The van der Waals surface area contributed by atoms with Crippen molar-refractivity contribution in [1.29, 1.82) is 0 Å². The molecule has 9 nitrogen and oxygen atoms in total. The normalized spacial score (nSPS) is 21.3. The lowest BCUT2D eigenvalue weighted by Gasteiger charge is -2.28. The fraction of sp³-hybridized carbons (Fsp3) is 0.600. The molecular formula is C30H41F3N6O3. The lowest BCUT2D eigenvalue weighted by molar-refractivity contribution is -0.178. The van der Waals surface area contributed by atoms with Crippen molar-refractivity contribution in [1.82, 2.24) is 10.6 Å². The average Bonchev–Trinajstić information content (AvgIpc) is 3.86. The van der Waals surface area contributed by atoms with E-state index in [2.05, 4.69) is 20.9 Å². The summed E-state index contributed by atoms with van der Waals surface area (Å²) in [4.78, 5) is 43.7. The molecule has 0 radical (unpaired) electrons. The molecule has 42 heavy (non-hydrogen) atoms. The zero-order valence-corrected chi connectivity index (χ0v) is 24.2. The van der Waals surface area contributed by atoms with Gasteiger partial charge in [-0.1, -0.05) is 13.0 Å². The van der Waals surface area contributed by atoms with Crippen molar-refractivity contribution in [2.45, 2.75) is 89.6 Å². The molecule has 3 aliphatic rings. The smallest absolute Gasteiger partial charge is 0.393 e. The Morgan fingerprint density at radius 1 is 1.02 bits per heavy atom. The number of benzene rings is 1. The number of hydrogen-bond acceptors (Lipinski definition) is 6. The molecule has 0 bridgehead atoms. The molecule has 230 valence electrons. The van der Waals surface area contributed by atoms with Gasteiger partial charge in [-0.15, -0.1) is 0 Å². The van der Waals surface area contributed by atoms with E-state index < -0.39 is 42.0 Å². The summed E-state index contributed by atoms with van der Waals surface area (Å²) in [5.74, 6) is -2.83. The molecule has 0 heterocycles. The number of nitrogens with two attached hydrogens (primary N) is 2. The Hall–Kier alpha value is -3.41. The van der Waals surface area contributed by atoms with Crippen LogP contribution in [0.5, 0.6) is 0 Å². The highest BCUT2D eigenvalue weighted by molar-refractivity contribution is 6.43. The second kappa shape index (κ2) is 12.8. The van der Waals surface area contributed by atoms with E-state index in [0.717, 1.165) is 43.7 Å². The number of nitrogens with zero attached hydrogens (tertiary/aromatic N) is 1. The van der Waals surface area contributed by atoms with Crippen LogP contribution in [0.2, 0.25) is 0 Å². The van der Waals surface area contributed by atoms with Crippen molar-refractivity contribution >= 4 is 29.1 Å². The van der Waals surface area contributed by atoms with Crippen LogP contribution in [-0.4, -0.2) is 47.7 Å². The van der Waals surface area contributed by atoms with Crippen molar-refractivity contribution in [3.8, 4) is 0 Å². The van der Waals surface area contributed by atoms with Gasteiger partial charge in [-0.05, 0) is 106 Å². The molecule has 0 saturated heterocycles. The zero-order chi connectivity index (χ0) is 30.8. The molecule has 0 aliphatic heterocycles.